The molecular formula is C23H23N3O5. The minimum absolute atomic E-state index is 0.0872. The molecule has 8 heteroatoms. The monoisotopic (exact) mass is 421 g/mol. The third kappa shape index (κ3) is 5.60. The van der Waals surface area contributed by atoms with Crippen molar-refractivity contribution >= 4 is 29.5 Å². The highest BCUT2D eigenvalue weighted by molar-refractivity contribution is 5.98. The molecule has 160 valence electrons. The summed E-state index contributed by atoms with van der Waals surface area (Å²) < 4.78 is 9.79. The Morgan fingerprint density at radius 1 is 1.23 bits per heavy atom. The molecule has 0 saturated carbocycles. The zero-order valence-electron chi connectivity index (χ0n) is 17.2. The second-order valence-electron chi connectivity index (χ2n) is 7.08. The van der Waals surface area contributed by atoms with Crippen LogP contribution in [0.2, 0.25) is 0 Å². The number of esters is 1. The van der Waals surface area contributed by atoms with Gasteiger partial charge in [0, 0.05) is 24.7 Å². The van der Waals surface area contributed by atoms with Crippen molar-refractivity contribution < 1.29 is 23.5 Å². The zero-order valence-corrected chi connectivity index (χ0v) is 17.2. The van der Waals surface area contributed by atoms with Crippen LogP contribution in [0.4, 0.5) is 5.69 Å². The van der Waals surface area contributed by atoms with Crippen LogP contribution in [0.5, 0.6) is 0 Å². The molecule has 0 atom stereocenters. The van der Waals surface area contributed by atoms with Crippen LogP contribution in [-0.4, -0.2) is 42.4 Å². The number of carbonyl (C=O) groups is 3. The first kappa shape index (κ1) is 21.8. The van der Waals surface area contributed by atoms with Gasteiger partial charge in [-0.05, 0) is 49.6 Å². The molecule has 1 N–H and O–H groups in total. The van der Waals surface area contributed by atoms with E-state index >= 15 is 0 Å². The van der Waals surface area contributed by atoms with Gasteiger partial charge in [-0.3, -0.25) is 9.59 Å². The zero-order chi connectivity index (χ0) is 22.2. The number of nitrogens with zero attached hydrogens (tertiary/aromatic N) is 2. The van der Waals surface area contributed by atoms with Crippen LogP contribution in [0.3, 0.4) is 0 Å². The number of carbonyl (C=O) groups excluding carboxylic acids is 3. The Morgan fingerprint density at radius 2 is 1.94 bits per heavy atom. The van der Waals surface area contributed by atoms with E-state index in [1.165, 1.54) is 18.6 Å². The lowest BCUT2D eigenvalue weighted by molar-refractivity contribution is -0.137. The number of piperidine rings is 1. The van der Waals surface area contributed by atoms with Gasteiger partial charge in [0.1, 0.15) is 17.9 Å². The molecule has 3 rings (SSSR count). The number of furan rings is 1. The van der Waals surface area contributed by atoms with Crippen LogP contribution in [0.15, 0.2) is 52.8 Å². The molecule has 2 aromatic rings. The number of ether oxygens (including phenoxy) is 1. The number of hydrogen-bond donors (Lipinski definition) is 1. The second-order valence-corrected chi connectivity index (χ2v) is 7.08. The average Bonchev–Trinajstić information content (AvgIpc) is 3.33. The van der Waals surface area contributed by atoms with E-state index < -0.39 is 5.97 Å². The van der Waals surface area contributed by atoms with Gasteiger partial charge in [-0.1, -0.05) is 12.1 Å². The summed E-state index contributed by atoms with van der Waals surface area (Å²) in [5.41, 5.74) is 1.69. The summed E-state index contributed by atoms with van der Waals surface area (Å²) in [4.78, 5) is 38.4. The summed E-state index contributed by atoms with van der Waals surface area (Å²) in [5.74, 6) is -1.03. The Kier molecular flexibility index (Phi) is 7.22. The minimum atomic E-state index is -0.667. The standard InChI is InChI=1S/C23H23N3O5/c1-2-31-23(29)19(14-24)13-16-3-5-20(6-4-16)25-21(27)17-7-10-26(11-8-17)22(28)18-9-12-30-15-18/h3-6,9,12-13,15,17H,2,7-8,10-11H2,1H3,(H,25,27)/b19-13-. The number of anilines is 1. The molecule has 2 heterocycles. The van der Waals surface area contributed by atoms with Crippen molar-refractivity contribution in [2.24, 2.45) is 5.92 Å². The van der Waals surface area contributed by atoms with Gasteiger partial charge in [-0.15, -0.1) is 0 Å². The maximum atomic E-state index is 12.6. The van der Waals surface area contributed by atoms with E-state index in [2.05, 4.69) is 5.32 Å². The number of benzene rings is 1. The molecule has 0 unspecified atom stereocenters. The van der Waals surface area contributed by atoms with Crippen molar-refractivity contribution in [1.29, 1.82) is 5.26 Å². The molecule has 0 radical (unpaired) electrons. The van der Waals surface area contributed by atoms with Crippen LogP contribution in [0.25, 0.3) is 6.08 Å². The molecule has 8 nitrogen and oxygen atoms in total. The highest BCUT2D eigenvalue weighted by Gasteiger charge is 2.28. The Labute approximate surface area is 180 Å². The van der Waals surface area contributed by atoms with E-state index in [-0.39, 0.29) is 29.9 Å². The van der Waals surface area contributed by atoms with Crippen molar-refractivity contribution in [1.82, 2.24) is 4.90 Å². The first-order chi connectivity index (χ1) is 15.0. The summed E-state index contributed by atoms with van der Waals surface area (Å²) in [5, 5.41) is 12.0. The van der Waals surface area contributed by atoms with Gasteiger partial charge < -0.3 is 19.4 Å². The maximum absolute atomic E-state index is 12.6. The molecule has 1 saturated heterocycles. The van der Waals surface area contributed by atoms with Gasteiger partial charge in [0.05, 0.1) is 18.4 Å². The smallest absolute Gasteiger partial charge is 0.348 e. The normalized spacial score (nSPS) is 14.6. The van der Waals surface area contributed by atoms with E-state index in [0.717, 1.165) is 0 Å². The van der Waals surface area contributed by atoms with Crippen LogP contribution in [0.1, 0.15) is 35.7 Å². The molecule has 0 bridgehead atoms. The van der Waals surface area contributed by atoms with E-state index in [1.807, 2.05) is 6.07 Å². The third-order valence-electron chi connectivity index (χ3n) is 5.03. The number of hydrogen-bond acceptors (Lipinski definition) is 6. The van der Waals surface area contributed by atoms with Crippen LogP contribution in [0, 0.1) is 17.2 Å². The van der Waals surface area contributed by atoms with Gasteiger partial charge in [0.25, 0.3) is 5.91 Å². The highest BCUT2D eigenvalue weighted by atomic mass is 16.5. The lowest BCUT2D eigenvalue weighted by Gasteiger charge is -2.31. The van der Waals surface area contributed by atoms with Gasteiger partial charge in [0.2, 0.25) is 5.91 Å². The summed E-state index contributed by atoms with van der Waals surface area (Å²) in [7, 11) is 0. The molecule has 31 heavy (non-hydrogen) atoms. The Bertz CT molecular complexity index is 995. The summed E-state index contributed by atoms with van der Waals surface area (Å²) >= 11 is 0. The van der Waals surface area contributed by atoms with Gasteiger partial charge in [-0.2, -0.15) is 5.26 Å². The number of nitriles is 1. The Hall–Kier alpha value is -3.86. The largest absolute Gasteiger partial charge is 0.472 e. The van der Waals surface area contributed by atoms with Crippen molar-refractivity contribution in [3.05, 3.63) is 59.6 Å². The number of nitrogens with one attached hydrogen (secondary N) is 1. The molecule has 2 amide bonds. The van der Waals surface area contributed by atoms with E-state index in [9.17, 15) is 14.4 Å². The Balaban J connectivity index is 1.54. The maximum Gasteiger partial charge on any atom is 0.348 e. The lowest BCUT2D eigenvalue weighted by Crippen LogP contribution is -2.41. The molecule has 1 aromatic carbocycles. The number of amides is 2. The molecule has 1 aliphatic rings. The second kappa shape index (κ2) is 10.3. The average molecular weight is 421 g/mol. The predicted molar refractivity (Wildman–Crippen MR) is 113 cm³/mol. The van der Waals surface area contributed by atoms with Crippen LogP contribution >= 0.6 is 0 Å². The summed E-state index contributed by atoms with van der Waals surface area (Å²) in [6.45, 7) is 2.89. The molecule has 0 spiro atoms. The molecule has 1 aliphatic heterocycles. The molecule has 1 fully saturated rings. The fraction of sp³-hybridized carbons (Fsp3) is 0.304. The first-order valence-corrected chi connectivity index (χ1v) is 10.0. The minimum Gasteiger partial charge on any atom is -0.472 e. The SMILES string of the molecule is CCOC(=O)/C(C#N)=C\c1ccc(NC(=O)C2CCN(C(=O)c3ccoc3)CC2)cc1. The van der Waals surface area contributed by atoms with Gasteiger partial charge in [-0.25, -0.2) is 4.79 Å². The van der Waals surface area contributed by atoms with E-state index in [4.69, 9.17) is 14.4 Å². The highest BCUT2D eigenvalue weighted by Crippen LogP contribution is 2.22. The number of likely N-dealkylation sites (tertiary alicyclic amines) is 1. The Morgan fingerprint density at radius 3 is 2.52 bits per heavy atom. The van der Waals surface area contributed by atoms with Crippen molar-refractivity contribution in [2.45, 2.75) is 19.8 Å². The number of rotatable bonds is 6. The molecule has 1 aromatic heterocycles. The summed E-state index contributed by atoms with van der Waals surface area (Å²) in [6.07, 6.45) is 5.50. The first-order valence-electron chi connectivity index (χ1n) is 10.0. The lowest BCUT2D eigenvalue weighted by atomic mass is 9.95. The van der Waals surface area contributed by atoms with Crippen LogP contribution in [-0.2, 0) is 14.3 Å². The fourth-order valence-corrected chi connectivity index (χ4v) is 3.33. The van der Waals surface area contributed by atoms with Crippen molar-refractivity contribution in [2.75, 3.05) is 25.0 Å². The quantitative estimate of drug-likeness (QED) is 0.435. The van der Waals surface area contributed by atoms with E-state index in [1.54, 1.807) is 42.2 Å². The third-order valence-corrected chi connectivity index (χ3v) is 5.03. The summed E-state index contributed by atoms with van der Waals surface area (Å²) in [6, 6.07) is 10.3. The van der Waals surface area contributed by atoms with Gasteiger partial charge in [0.15, 0.2) is 0 Å². The predicted octanol–water partition coefficient (Wildman–Crippen LogP) is 3.24. The van der Waals surface area contributed by atoms with Crippen molar-refractivity contribution in [3.63, 3.8) is 0 Å². The van der Waals surface area contributed by atoms with Gasteiger partial charge >= 0.3 is 5.97 Å². The molecular weight excluding hydrogens is 398 g/mol. The topological polar surface area (TPSA) is 113 Å². The van der Waals surface area contributed by atoms with Crippen LogP contribution < -0.4 is 5.32 Å². The van der Waals surface area contributed by atoms with E-state index in [0.29, 0.717) is 42.7 Å². The fourth-order valence-electron chi connectivity index (χ4n) is 3.33. The molecule has 0 aliphatic carbocycles. The van der Waals surface area contributed by atoms with Crippen molar-refractivity contribution in [3.8, 4) is 6.07 Å².